The van der Waals surface area contributed by atoms with Crippen molar-refractivity contribution in [2.24, 2.45) is 0 Å². The molecule has 2 aromatic rings. The Hall–Kier alpha value is -2.08. The number of carboxylic acids is 1. The highest BCUT2D eigenvalue weighted by molar-refractivity contribution is 5.84. The summed E-state index contributed by atoms with van der Waals surface area (Å²) in [6.07, 6.45) is -1.56. The molecule has 1 aromatic carbocycles. The zero-order valence-electron chi connectivity index (χ0n) is 9.08. The lowest BCUT2D eigenvalue weighted by molar-refractivity contribution is -0.146. The molecule has 90 valence electrons. The van der Waals surface area contributed by atoms with E-state index >= 15 is 0 Å². The van der Waals surface area contributed by atoms with Gasteiger partial charge in [-0.2, -0.15) is 4.98 Å². The molecule has 0 bridgehead atoms. The number of hydrogen-bond donors (Lipinski definition) is 2. The summed E-state index contributed by atoms with van der Waals surface area (Å²) in [7, 11) is 0. The molecule has 6 heteroatoms. The third kappa shape index (κ3) is 2.07. The molecule has 0 fully saturated rings. The Kier molecular flexibility index (Phi) is 2.97. The van der Waals surface area contributed by atoms with E-state index in [2.05, 4.69) is 4.98 Å². The summed E-state index contributed by atoms with van der Waals surface area (Å²) < 4.78 is 10.3. The van der Waals surface area contributed by atoms with Gasteiger partial charge in [0.05, 0.1) is 6.61 Å². The van der Waals surface area contributed by atoms with Gasteiger partial charge in [0.1, 0.15) is 5.52 Å². The van der Waals surface area contributed by atoms with Gasteiger partial charge in [-0.05, 0) is 13.0 Å². The van der Waals surface area contributed by atoms with E-state index in [1.54, 1.807) is 19.1 Å². The van der Waals surface area contributed by atoms with Crippen molar-refractivity contribution >= 4 is 17.1 Å². The molecule has 0 saturated carbocycles. The van der Waals surface area contributed by atoms with Crippen LogP contribution in [0.25, 0.3) is 11.1 Å². The average Bonchev–Trinajstić information content (AvgIpc) is 2.70. The van der Waals surface area contributed by atoms with Crippen molar-refractivity contribution in [2.45, 2.75) is 13.0 Å². The van der Waals surface area contributed by atoms with Crippen LogP contribution in [0, 0.1) is 0 Å². The number of benzene rings is 1. The summed E-state index contributed by atoms with van der Waals surface area (Å²) in [5.41, 5.74) is 0.863. The largest absolute Gasteiger partial charge is 0.479 e. The topological polar surface area (TPSA) is 92.8 Å². The Bertz CT molecular complexity index is 548. The predicted molar refractivity (Wildman–Crippen MR) is 57.8 cm³/mol. The smallest absolute Gasteiger partial charge is 0.394 e. The van der Waals surface area contributed by atoms with Crippen molar-refractivity contribution in [1.82, 2.24) is 4.98 Å². The number of fused-ring (bicyclic) bond motifs is 1. The maximum atomic E-state index is 10.7. The number of carbonyl (C=O) groups is 1. The number of rotatable bonds is 4. The van der Waals surface area contributed by atoms with E-state index < -0.39 is 12.1 Å². The summed E-state index contributed by atoms with van der Waals surface area (Å²) in [5.74, 6) is -1.33. The molecule has 1 heterocycles. The molecule has 6 nitrogen and oxygen atoms in total. The quantitative estimate of drug-likeness (QED) is 0.833. The van der Waals surface area contributed by atoms with Gasteiger partial charge in [-0.25, -0.2) is 4.79 Å². The summed E-state index contributed by atoms with van der Waals surface area (Å²) >= 11 is 0. The van der Waals surface area contributed by atoms with Crippen molar-refractivity contribution in [3.05, 3.63) is 23.8 Å². The zero-order valence-corrected chi connectivity index (χ0v) is 9.08. The Morgan fingerprint density at radius 1 is 1.59 bits per heavy atom. The van der Waals surface area contributed by atoms with Crippen LogP contribution in [-0.4, -0.2) is 27.8 Å². The minimum absolute atomic E-state index is 0.0625. The van der Waals surface area contributed by atoms with Crippen LogP contribution in [0.2, 0.25) is 0 Å². The normalized spacial score (nSPS) is 12.6. The first-order chi connectivity index (χ1) is 8.13. The van der Waals surface area contributed by atoms with E-state index in [1.807, 2.05) is 0 Å². The van der Waals surface area contributed by atoms with Gasteiger partial charge in [0.15, 0.2) is 11.7 Å². The number of ether oxygens (including phenoxy) is 1. The summed E-state index contributed by atoms with van der Waals surface area (Å²) in [4.78, 5) is 14.7. The fourth-order valence-corrected chi connectivity index (χ4v) is 1.49. The van der Waals surface area contributed by atoms with Gasteiger partial charge in [-0.1, -0.05) is 12.1 Å². The molecule has 17 heavy (non-hydrogen) atoms. The number of nitrogens with zero attached hydrogens (tertiary/aromatic N) is 1. The molecule has 0 aliphatic carbocycles. The van der Waals surface area contributed by atoms with E-state index in [9.17, 15) is 9.90 Å². The van der Waals surface area contributed by atoms with Gasteiger partial charge in [0.2, 0.25) is 0 Å². The Morgan fingerprint density at radius 2 is 2.35 bits per heavy atom. The number of oxazole rings is 1. The minimum atomic E-state index is -1.63. The Morgan fingerprint density at radius 3 is 3.00 bits per heavy atom. The van der Waals surface area contributed by atoms with Crippen molar-refractivity contribution in [2.75, 3.05) is 6.61 Å². The Balaban J connectivity index is 2.52. The van der Waals surface area contributed by atoms with Crippen LogP contribution in [0.15, 0.2) is 22.6 Å². The van der Waals surface area contributed by atoms with Crippen molar-refractivity contribution < 1.29 is 24.2 Å². The van der Waals surface area contributed by atoms with Gasteiger partial charge >= 0.3 is 12.0 Å². The van der Waals surface area contributed by atoms with E-state index in [4.69, 9.17) is 14.3 Å². The molecule has 2 N–H and O–H groups in total. The van der Waals surface area contributed by atoms with E-state index in [0.29, 0.717) is 17.7 Å². The number of para-hydroxylation sites is 1. The van der Waals surface area contributed by atoms with E-state index in [0.717, 1.165) is 0 Å². The average molecular weight is 237 g/mol. The minimum Gasteiger partial charge on any atom is -0.479 e. The second-order valence-electron chi connectivity index (χ2n) is 3.35. The molecule has 1 atom stereocenters. The van der Waals surface area contributed by atoms with Crippen LogP contribution < -0.4 is 4.74 Å². The highest BCUT2D eigenvalue weighted by Crippen LogP contribution is 2.27. The van der Waals surface area contributed by atoms with Gasteiger partial charge in [0.25, 0.3) is 0 Å². The maximum Gasteiger partial charge on any atom is 0.394 e. The standard InChI is InChI=1S/C11H11NO5/c1-2-16-11-12-8-6(9(13)10(14)15)4-3-5-7(8)17-11/h3-5,9,13H,2H2,1H3,(H,14,15). The first kappa shape index (κ1) is 11.4. The first-order valence-corrected chi connectivity index (χ1v) is 5.06. The van der Waals surface area contributed by atoms with Crippen molar-refractivity contribution in [1.29, 1.82) is 0 Å². The summed E-state index contributed by atoms with van der Waals surface area (Å²) in [6.45, 7) is 2.17. The van der Waals surface area contributed by atoms with Crippen LogP contribution in [0.4, 0.5) is 0 Å². The lowest BCUT2D eigenvalue weighted by Gasteiger charge is -2.04. The molecule has 0 saturated heterocycles. The molecular weight excluding hydrogens is 226 g/mol. The molecule has 1 aromatic heterocycles. The highest BCUT2D eigenvalue weighted by atomic mass is 16.6. The van der Waals surface area contributed by atoms with Crippen molar-refractivity contribution in [3.8, 4) is 6.08 Å². The van der Waals surface area contributed by atoms with Crippen LogP contribution in [0.5, 0.6) is 6.08 Å². The number of hydrogen-bond acceptors (Lipinski definition) is 5. The molecule has 0 aliphatic heterocycles. The second-order valence-corrected chi connectivity index (χ2v) is 3.35. The highest BCUT2D eigenvalue weighted by Gasteiger charge is 2.21. The Labute approximate surface area is 96.5 Å². The fraction of sp³-hybridized carbons (Fsp3) is 0.273. The van der Waals surface area contributed by atoms with Gasteiger partial charge in [-0.15, -0.1) is 0 Å². The molecule has 1 unspecified atom stereocenters. The zero-order chi connectivity index (χ0) is 12.4. The van der Waals surface area contributed by atoms with Gasteiger partial charge < -0.3 is 19.4 Å². The van der Waals surface area contributed by atoms with Crippen LogP contribution in [-0.2, 0) is 4.79 Å². The monoisotopic (exact) mass is 237 g/mol. The van der Waals surface area contributed by atoms with Crippen molar-refractivity contribution in [3.63, 3.8) is 0 Å². The lowest BCUT2D eigenvalue weighted by atomic mass is 10.1. The molecule has 0 amide bonds. The SMILES string of the molecule is CCOc1nc2c(C(O)C(=O)O)cccc2o1. The van der Waals surface area contributed by atoms with Gasteiger partial charge in [0, 0.05) is 5.56 Å². The van der Waals surface area contributed by atoms with Crippen LogP contribution >= 0.6 is 0 Å². The number of aliphatic hydroxyl groups is 1. The number of aromatic nitrogens is 1. The van der Waals surface area contributed by atoms with E-state index in [1.165, 1.54) is 6.07 Å². The molecule has 0 radical (unpaired) electrons. The fourth-order valence-electron chi connectivity index (χ4n) is 1.49. The van der Waals surface area contributed by atoms with Gasteiger partial charge in [-0.3, -0.25) is 0 Å². The molecule has 2 rings (SSSR count). The summed E-state index contributed by atoms with van der Waals surface area (Å²) in [6, 6.07) is 4.70. The first-order valence-electron chi connectivity index (χ1n) is 5.06. The van der Waals surface area contributed by atoms with E-state index in [-0.39, 0.29) is 11.6 Å². The number of aliphatic carboxylic acids is 1. The lowest BCUT2D eigenvalue weighted by Crippen LogP contribution is -2.10. The second kappa shape index (κ2) is 4.42. The van der Waals surface area contributed by atoms with Crippen LogP contribution in [0.3, 0.4) is 0 Å². The number of aliphatic hydroxyl groups excluding tert-OH is 1. The molecule has 0 aliphatic rings. The predicted octanol–water partition coefficient (Wildman–Crippen LogP) is 1.34. The molecular formula is C11H11NO5. The maximum absolute atomic E-state index is 10.7. The third-order valence-electron chi connectivity index (χ3n) is 2.23. The molecule has 0 spiro atoms. The van der Waals surface area contributed by atoms with Crippen LogP contribution in [0.1, 0.15) is 18.6 Å². The third-order valence-corrected chi connectivity index (χ3v) is 2.23. The number of carboxylic acid groups (broad SMARTS) is 1. The summed E-state index contributed by atoms with van der Waals surface area (Å²) in [5, 5.41) is 18.3.